The largest absolute Gasteiger partial charge is 0.392 e. The smallest absolute Gasteiger partial charge is 0.0639 e. The van der Waals surface area contributed by atoms with E-state index in [9.17, 15) is 10.2 Å². The third-order valence-electron chi connectivity index (χ3n) is 2.44. The molecule has 1 aromatic rings. The van der Waals surface area contributed by atoms with Crippen molar-refractivity contribution in [1.82, 2.24) is 4.90 Å². The lowest BCUT2D eigenvalue weighted by atomic mass is 10.2. The zero-order valence-corrected chi connectivity index (χ0v) is 12.1. The van der Waals surface area contributed by atoms with E-state index in [1.165, 1.54) is 0 Å². The van der Waals surface area contributed by atoms with Gasteiger partial charge in [0.05, 0.1) is 22.3 Å². The number of nitrogens with zero attached hydrogens (tertiary/aromatic N) is 1. The first-order valence-corrected chi connectivity index (χ1v) is 6.66. The molecule has 18 heavy (non-hydrogen) atoms. The van der Waals surface area contributed by atoms with Gasteiger partial charge in [0.15, 0.2) is 0 Å². The Morgan fingerprint density at radius 1 is 1.06 bits per heavy atom. The maximum Gasteiger partial charge on any atom is 0.0639 e. The van der Waals surface area contributed by atoms with Crippen molar-refractivity contribution in [3.05, 3.63) is 33.8 Å². The Bertz CT molecular complexity index is 373. The second-order valence-corrected chi connectivity index (χ2v) is 5.45. The van der Waals surface area contributed by atoms with Gasteiger partial charge in [-0.3, -0.25) is 4.90 Å². The van der Waals surface area contributed by atoms with Gasteiger partial charge in [0.25, 0.3) is 0 Å². The van der Waals surface area contributed by atoms with Crippen LogP contribution >= 0.6 is 23.2 Å². The van der Waals surface area contributed by atoms with Gasteiger partial charge in [0.1, 0.15) is 0 Å². The third-order valence-corrected chi connectivity index (χ3v) is 3.17. The zero-order valence-electron chi connectivity index (χ0n) is 10.6. The zero-order chi connectivity index (χ0) is 13.7. The standard InChI is InChI=1S/C13H19Cl2NO2/c1-9(17)6-16(7-10(2)18)8-11-3-4-12(14)13(15)5-11/h3-5,9-10,17-18H,6-8H2,1-2H3/t9-,10+. The van der Waals surface area contributed by atoms with Crippen LogP contribution in [0.1, 0.15) is 19.4 Å². The van der Waals surface area contributed by atoms with Gasteiger partial charge in [-0.1, -0.05) is 29.3 Å². The number of aliphatic hydroxyl groups excluding tert-OH is 2. The second-order valence-electron chi connectivity index (χ2n) is 4.64. The highest BCUT2D eigenvalue weighted by Crippen LogP contribution is 2.23. The quantitative estimate of drug-likeness (QED) is 0.847. The van der Waals surface area contributed by atoms with E-state index >= 15 is 0 Å². The van der Waals surface area contributed by atoms with E-state index in [2.05, 4.69) is 0 Å². The Morgan fingerprint density at radius 2 is 1.61 bits per heavy atom. The molecule has 2 atom stereocenters. The molecular weight excluding hydrogens is 273 g/mol. The van der Waals surface area contributed by atoms with Crippen molar-refractivity contribution in [2.75, 3.05) is 13.1 Å². The van der Waals surface area contributed by atoms with E-state index in [1.54, 1.807) is 26.0 Å². The molecule has 0 radical (unpaired) electrons. The Hall–Kier alpha value is -0.320. The third kappa shape index (κ3) is 5.55. The highest BCUT2D eigenvalue weighted by atomic mass is 35.5. The van der Waals surface area contributed by atoms with E-state index in [0.29, 0.717) is 29.7 Å². The van der Waals surface area contributed by atoms with Crippen molar-refractivity contribution in [1.29, 1.82) is 0 Å². The number of benzene rings is 1. The normalized spacial score (nSPS) is 14.8. The Morgan fingerprint density at radius 3 is 2.06 bits per heavy atom. The lowest BCUT2D eigenvalue weighted by Gasteiger charge is -2.25. The van der Waals surface area contributed by atoms with Crippen LogP contribution in [0.4, 0.5) is 0 Å². The van der Waals surface area contributed by atoms with Gasteiger partial charge in [-0.15, -0.1) is 0 Å². The fourth-order valence-corrected chi connectivity index (χ4v) is 2.17. The number of aliphatic hydroxyl groups is 2. The summed E-state index contributed by atoms with van der Waals surface area (Å²) < 4.78 is 0. The van der Waals surface area contributed by atoms with Crippen molar-refractivity contribution < 1.29 is 10.2 Å². The first-order chi connectivity index (χ1) is 8.38. The molecule has 0 aromatic heterocycles. The summed E-state index contributed by atoms with van der Waals surface area (Å²) in [4.78, 5) is 1.98. The van der Waals surface area contributed by atoms with Gasteiger partial charge >= 0.3 is 0 Å². The molecule has 1 rings (SSSR count). The van der Waals surface area contributed by atoms with Crippen LogP contribution in [0.25, 0.3) is 0 Å². The average molecular weight is 292 g/mol. The maximum absolute atomic E-state index is 9.44. The molecule has 1 aromatic carbocycles. The van der Waals surface area contributed by atoms with Crippen LogP contribution in [0.15, 0.2) is 18.2 Å². The maximum atomic E-state index is 9.44. The fourth-order valence-electron chi connectivity index (χ4n) is 1.85. The molecular formula is C13H19Cl2NO2. The number of hydrogen-bond donors (Lipinski definition) is 2. The van der Waals surface area contributed by atoms with Crippen molar-refractivity contribution >= 4 is 23.2 Å². The predicted octanol–water partition coefficient (Wildman–Crippen LogP) is 2.56. The summed E-state index contributed by atoms with van der Waals surface area (Å²) in [5.74, 6) is 0. The summed E-state index contributed by atoms with van der Waals surface area (Å²) in [5, 5.41) is 19.9. The fraction of sp³-hybridized carbons (Fsp3) is 0.538. The van der Waals surface area contributed by atoms with Crippen LogP contribution in [0.3, 0.4) is 0 Å². The molecule has 0 aliphatic rings. The van der Waals surface area contributed by atoms with Gasteiger partial charge in [-0.05, 0) is 31.5 Å². The molecule has 102 valence electrons. The SMILES string of the molecule is C[C@H](O)CN(Cc1ccc(Cl)c(Cl)c1)C[C@@H](C)O. The topological polar surface area (TPSA) is 43.7 Å². The summed E-state index contributed by atoms with van der Waals surface area (Å²) in [5.41, 5.74) is 1.01. The Balaban J connectivity index is 2.71. The highest BCUT2D eigenvalue weighted by Gasteiger charge is 2.12. The summed E-state index contributed by atoms with van der Waals surface area (Å²) in [6.45, 7) is 5.08. The highest BCUT2D eigenvalue weighted by molar-refractivity contribution is 6.42. The van der Waals surface area contributed by atoms with Crippen molar-refractivity contribution in [2.45, 2.75) is 32.6 Å². The van der Waals surface area contributed by atoms with Crippen LogP contribution in [-0.4, -0.2) is 40.4 Å². The van der Waals surface area contributed by atoms with Crippen LogP contribution < -0.4 is 0 Å². The van der Waals surface area contributed by atoms with Gasteiger partial charge < -0.3 is 10.2 Å². The van der Waals surface area contributed by atoms with Crippen LogP contribution in [-0.2, 0) is 6.54 Å². The first kappa shape index (κ1) is 15.7. The van der Waals surface area contributed by atoms with Crippen molar-refractivity contribution in [3.8, 4) is 0 Å². The minimum atomic E-state index is -0.438. The molecule has 0 spiro atoms. The van der Waals surface area contributed by atoms with Crippen molar-refractivity contribution in [3.63, 3.8) is 0 Å². The Labute approximate surface area is 118 Å². The molecule has 0 saturated heterocycles. The minimum Gasteiger partial charge on any atom is -0.392 e. The second kappa shape index (κ2) is 7.31. The van der Waals surface area contributed by atoms with E-state index in [4.69, 9.17) is 23.2 Å². The van der Waals surface area contributed by atoms with Crippen molar-refractivity contribution in [2.24, 2.45) is 0 Å². The molecule has 2 N–H and O–H groups in total. The monoisotopic (exact) mass is 291 g/mol. The van der Waals surface area contributed by atoms with E-state index < -0.39 is 12.2 Å². The van der Waals surface area contributed by atoms with Gasteiger partial charge in [-0.2, -0.15) is 0 Å². The molecule has 0 bridgehead atoms. The summed E-state index contributed by atoms with van der Waals surface area (Å²) in [7, 11) is 0. The van der Waals surface area contributed by atoms with Gasteiger partial charge in [-0.25, -0.2) is 0 Å². The lowest BCUT2D eigenvalue weighted by molar-refractivity contribution is 0.0794. The first-order valence-electron chi connectivity index (χ1n) is 5.91. The molecule has 0 amide bonds. The average Bonchev–Trinajstić information content (AvgIpc) is 2.21. The molecule has 0 aliphatic carbocycles. The van der Waals surface area contributed by atoms with Gasteiger partial charge in [0.2, 0.25) is 0 Å². The number of hydrogen-bond acceptors (Lipinski definition) is 3. The number of halogens is 2. The molecule has 0 aliphatic heterocycles. The molecule has 0 saturated carbocycles. The van der Waals surface area contributed by atoms with Crippen LogP contribution in [0.5, 0.6) is 0 Å². The molecule has 3 nitrogen and oxygen atoms in total. The molecule has 0 heterocycles. The summed E-state index contributed by atoms with van der Waals surface area (Å²) >= 11 is 11.8. The molecule has 0 fully saturated rings. The van der Waals surface area contributed by atoms with Crippen LogP contribution in [0, 0.1) is 0 Å². The Kier molecular flexibility index (Phi) is 6.39. The predicted molar refractivity (Wildman–Crippen MR) is 75.1 cm³/mol. The molecule has 0 unspecified atom stereocenters. The number of rotatable bonds is 6. The van der Waals surface area contributed by atoms with Gasteiger partial charge in [0, 0.05) is 19.6 Å². The van der Waals surface area contributed by atoms with E-state index in [0.717, 1.165) is 5.56 Å². The lowest BCUT2D eigenvalue weighted by Crippen LogP contribution is -2.35. The van der Waals surface area contributed by atoms with Crippen LogP contribution in [0.2, 0.25) is 10.0 Å². The summed E-state index contributed by atoms with van der Waals surface area (Å²) in [6, 6.07) is 5.45. The van der Waals surface area contributed by atoms with E-state index in [1.807, 2.05) is 11.0 Å². The van der Waals surface area contributed by atoms with E-state index in [-0.39, 0.29) is 0 Å². The molecule has 5 heteroatoms. The minimum absolute atomic E-state index is 0.438. The summed E-state index contributed by atoms with van der Waals surface area (Å²) in [6.07, 6.45) is -0.877.